The summed E-state index contributed by atoms with van der Waals surface area (Å²) in [6.45, 7) is 0.816. The molecule has 0 spiro atoms. The van der Waals surface area contributed by atoms with Crippen LogP contribution in [-0.2, 0) is 0 Å². The highest BCUT2D eigenvalue weighted by Gasteiger charge is 2.39. The molecule has 0 saturated heterocycles. The summed E-state index contributed by atoms with van der Waals surface area (Å²) in [6, 6.07) is 6.32. The highest BCUT2D eigenvalue weighted by Crippen LogP contribution is 2.39. The predicted molar refractivity (Wildman–Crippen MR) is 74.6 cm³/mol. The van der Waals surface area contributed by atoms with E-state index < -0.39 is 0 Å². The molecule has 1 unspecified atom stereocenters. The molecule has 3 nitrogen and oxygen atoms in total. The fraction of sp³-hybridized carbons (Fsp3) is 0.417. The van der Waals surface area contributed by atoms with Gasteiger partial charge in [-0.05, 0) is 52.9 Å². The molecule has 0 aromatic heterocycles. The van der Waals surface area contributed by atoms with Crippen LogP contribution in [0.25, 0.3) is 0 Å². The van der Waals surface area contributed by atoms with Crippen LogP contribution in [0, 0.1) is 5.92 Å². The van der Waals surface area contributed by atoms with Crippen LogP contribution in [0.3, 0.4) is 0 Å². The van der Waals surface area contributed by atoms with Gasteiger partial charge in [-0.25, -0.2) is 0 Å². The van der Waals surface area contributed by atoms with Crippen molar-refractivity contribution in [2.45, 2.75) is 18.9 Å². The first-order chi connectivity index (χ1) is 8.16. The minimum atomic E-state index is 0.433. The van der Waals surface area contributed by atoms with E-state index in [-0.39, 0.29) is 0 Å². The number of hydrogen-bond donors (Lipinski definition) is 1. The second-order valence-electron chi connectivity index (χ2n) is 4.57. The first kappa shape index (κ1) is 11.4. The first-order valence-electron chi connectivity index (χ1n) is 5.71. The van der Waals surface area contributed by atoms with E-state index in [0.717, 1.165) is 22.6 Å². The van der Waals surface area contributed by atoms with E-state index in [0.29, 0.717) is 17.0 Å². The Morgan fingerprint density at radius 2 is 2.18 bits per heavy atom. The quantitative estimate of drug-likeness (QED) is 0.911. The number of nitrogens with zero attached hydrogens (tertiary/aromatic N) is 2. The molecule has 1 aromatic carbocycles. The van der Waals surface area contributed by atoms with Gasteiger partial charge in [0.1, 0.15) is 0 Å². The van der Waals surface area contributed by atoms with Crippen LogP contribution in [0.1, 0.15) is 12.8 Å². The van der Waals surface area contributed by atoms with Gasteiger partial charge in [-0.3, -0.25) is 4.99 Å². The zero-order chi connectivity index (χ0) is 12.0. The lowest BCUT2D eigenvalue weighted by Gasteiger charge is -2.26. The molecule has 0 amide bonds. The maximum atomic E-state index is 6.01. The monoisotopic (exact) mass is 313 g/mol. The van der Waals surface area contributed by atoms with Crippen molar-refractivity contribution in [2.24, 2.45) is 16.6 Å². The van der Waals surface area contributed by atoms with Crippen molar-refractivity contribution < 1.29 is 0 Å². The van der Waals surface area contributed by atoms with Gasteiger partial charge in [-0.1, -0.05) is 11.6 Å². The van der Waals surface area contributed by atoms with Gasteiger partial charge >= 0.3 is 0 Å². The topological polar surface area (TPSA) is 41.6 Å². The number of benzene rings is 1. The minimum Gasteiger partial charge on any atom is -0.370 e. The Labute approximate surface area is 114 Å². The molecule has 1 fully saturated rings. The first-order valence-corrected chi connectivity index (χ1v) is 6.88. The molecule has 1 atom stereocenters. The van der Waals surface area contributed by atoms with Crippen LogP contribution in [0.2, 0.25) is 5.02 Å². The van der Waals surface area contributed by atoms with Crippen LogP contribution in [0.5, 0.6) is 0 Å². The van der Waals surface area contributed by atoms with Crippen molar-refractivity contribution in [1.29, 1.82) is 0 Å². The van der Waals surface area contributed by atoms with Crippen LogP contribution in [0.15, 0.2) is 27.7 Å². The average Bonchev–Trinajstić information content (AvgIpc) is 3.07. The van der Waals surface area contributed by atoms with Crippen molar-refractivity contribution >= 4 is 39.2 Å². The van der Waals surface area contributed by atoms with E-state index in [1.807, 2.05) is 18.2 Å². The third-order valence-electron chi connectivity index (χ3n) is 3.37. The highest BCUT2D eigenvalue weighted by atomic mass is 79.9. The maximum Gasteiger partial charge on any atom is 0.196 e. The summed E-state index contributed by atoms with van der Waals surface area (Å²) in [6.07, 6.45) is 2.58. The Bertz CT molecular complexity index is 485. The van der Waals surface area contributed by atoms with E-state index in [1.165, 1.54) is 12.8 Å². The molecule has 5 heteroatoms. The molecule has 2 N–H and O–H groups in total. The van der Waals surface area contributed by atoms with E-state index in [2.05, 4.69) is 25.8 Å². The van der Waals surface area contributed by atoms with Gasteiger partial charge in [0.25, 0.3) is 0 Å². The lowest BCUT2D eigenvalue weighted by atomic mass is 10.1. The van der Waals surface area contributed by atoms with Crippen LogP contribution in [0.4, 0.5) is 5.69 Å². The van der Waals surface area contributed by atoms with Crippen molar-refractivity contribution in [1.82, 2.24) is 0 Å². The molecular formula is C12H13BrClN3. The van der Waals surface area contributed by atoms with Crippen molar-refractivity contribution in [2.75, 3.05) is 11.4 Å². The lowest BCUT2D eigenvalue weighted by molar-refractivity contribution is 0.626. The van der Waals surface area contributed by atoms with Crippen molar-refractivity contribution in [3.05, 3.63) is 27.7 Å². The van der Waals surface area contributed by atoms with E-state index >= 15 is 0 Å². The fourth-order valence-electron chi connectivity index (χ4n) is 2.31. The molecule has 1 saturated carbocycles. The van der Waals surface area contributed by atoms with Gasteiger partial charge in [0, 0.05) is 10.2 Å². The summed E-state index contributed by atoms with van der Waals surface area (Å²) in [5.74, 6) is 1.37. The third kappa shape index (κ3) is 2.04. The predicted octanol–water partition coefficient (Wildman–Crippen LogP) is 3.02. The Morgan fingerprint density at radius 1 is 1.41 bits per heavy atom. The summed E-state index contributed by atoms with van der Waals surface area (Å²) < 4.78 is 0.894. The molecule has 2 aliphatic rings. The van der Waals surface area contributed by atoms with Crippen LogP contribution in [-0.4, -0.2) is 18.5 Å². The zero-order valence-corrected chi connectivity index (χ0v) is 11.6. The number of anilines is 1. The normalized spacial score (nSPS) is 24.0. The largest absolute Gasteiger partial charge is 0.370 e. The Morgan fingerprint density at radius 3 is 2.82 bits per heavy atom. The smallest absolute Gasteiger partial charge is 0.196 e. The Hall–Kier alpha value is -0.740. The minimum absolute atomic E-state index is 0.433. The van der Waals surface area contributed by atoms with E-state index in [4.69, 9.17) is 17.3 Å². The van der Waals surface area contributed by atoms with Gasteiger partial charge in [0.15, 0.2) is 5.96 Å². The van der Waals surface area contributed by atoms with Crippen LogP contribution >= 0.6 is 27.5 Å². The summed E-state index contributed by atoms with van der Waals surface area (Å²) >= 11 is 9.45. The van der Waals surface area contributed by atoms with Gasteiger partial charge in [-0.15, -0.1) is 0 Å². The fourth-order valence-corrected chi connectivity index (χ4v) is 2.80. The number of rotatable bonds is 2. The maximum absolute atomic E-state index is 6.01. The molecule has 1 heterocycles. The second kappa shape index (κ2) is 4.18. The van der Waals surface area contributed by atoms with Crippen molar-refractivity contribution in [3.63, 3.8) is 0 Å². The molecule has 17 heavy (non-hydrogen) atoms. The van der Waals surface area contributed by atoms with E-state index in [9.17, 15) is 0 Å². The molecule has 0 bridgehead atoms. The lowest BCUT2D eigenvalue weighted by Crippen LogP contribution is -2.42. The molecule has 3 rings (SSSR count). The standard InChI is InChI=1S/C12H13BrClN3/c13-9-5-8(3-4-10(9)14)17-11(7-1-2-7)6-16-12(17)15/h3-5,7,11H,1-2,6H2,(H2,15,16). The van der Waals surface area contributed by atoms with Gasteiger partial charge in [0.05, 0.1) is 17.6 Å². The van der Waals surface area contributed by atoms with Crippen molar-refractivity contribution in [3.8, 4) is 0 Å². The van der Waals surface area contributed by atoms with Crippen LogP contribution < -0.4 is 10.6 Å². The summed E-state index contributed by atoms with van der Waals surface area (Å²) in [7, 11) is 0. The molecule has 0 radical (unpaired) electrons. The number of hydrogen-bond acceptors (Lipinski definition) is 3. The Balaban J connectivity index is 1.94. The Kier molecular flexibility index (Phi) is 2.79. The molecule has 1 aliphatic heterocycles. The molecule has 90 valence electrons. The summed E-state index contributed by atoms with van der Waals surface area (Å²) in [5, 5.41) is 0.714. The summed E-state index contributed by atoms with van der Waals surface area (Å²) in [4.78, 5) is 6.50. The summed E-state index contributed by atoms with van der Waals surface area (Å²) in [5.41, 5.74) is 7.05. The number of aliphatic imine (C=N–C) groups is 1. The second-order valence-corrected chi connectivity index (χ2v) is 5.83. The molecular weight excluding hydrogens is 302 g/mol. The molecule has 1 aliphatic carbocycles. The zero-order valence-electron chi connectivity index (χ0n) is 9.24. The SMILES string of the molecule is NC1=NCC(C2CC2)N1c1ccc(Cl)c(Br)c1. The number of nitrogens with two attached hydrogens (primary N) is 1. The number of halogens is 2. The van der Waals surface area contributed by atoms with Gasteiger partial charge < -0.3 is 10.6 Å². The molecule has 1 aromatic rings. The van der Waals surface area contributed by atoms with Gasteiger partial charge in [-0.2, -0.15) is 0 Å². The average molecular weight is 315 g/mol. The van der Waals surface area contributed by atoms with Gasteiger partial charge in [0.2, 0.25) is 0 Å². The third-order valence-corrected chi connectivity index (χ3v) is 4.58. The number of guanidine groups is 1. The highest BCUT2D eigenvalue weighted by molar-refractivity contribution is 9.10. The van der Waals surface area contributed by atoms with E-state index in [1.54, 1.807) is 0 Å².